The Kier molecular flexibility index (Phi) is 8.85. The lowest BCUT2D eigenvalue weighted by Gasteiger charge is -2.21. The summed E-state index contributed by atoms with van der Waals surface area (Å²) in [5.74, 6) is 11.7. The molecule has 166 valence electrons. The summed E-state index contributed by atoms with van der Waals surface area (Å²) in [5, 5.41) is 9.20. The van der Waals surface area contributed by atoms with Gasteiger partial charge in [0, 0.05) is 11.8 Å². The summed E-state index contributed by atoms with van der Waals surface area (Å²) in [6, 6.07) is 0.199. The van der Waals surface area contributed by atoms with Crippen molar-refractivity contribution in [1.29, 1.82) is 0 Å². The number of hydrogen-bond donors (Lipinski definition) is 4. The molecule has 2 rings (SSSR count). The third kappa shape index (κ3) is 5.74. The minimum atomic E-state index is -0.00238. The van der Waals surface area contributed by atoms with Crippen LogP contribution in [0.1, 0.15) is 37.9 Å². The lowest BCUT2D eigenvalue weighted by molar-refractivity contribution is 0.400. The molecule has 10 nitrogen and oxygen atoms in total. The van der Waals surface area contributed by atoms with Crippen LogP contribution in [-0.4, -0.2) is 37.1 Å². The van der Waals surface area contributed by atoms with E-state index >= 15 is 0 Å². The third-order valence-corrected chi connectivity index (χ3v) is 4.56. The molecule has 0 aliphatic carbocycles. The van der Waals surface area contributed by atoms with E-state index in [1.165, 1.54) is 18.3 Å². The van der Waals surface area contributed by atoms with Crippen LogP contribution in [-0.2, 0) is 0 Å². The van der Waals surface area contributed by atoms with E-state index in [9.17, 15) is 4.39 Å². The zero-order chi connectivity index (χ0) is 22.8. The highest BCUT2D eigenvalue weighted by atomic mass is 19.1. The van der Waals surface area contributed by atoms with Crippen LogP contribution in [0.15, 0.2) is 60.5 Å². The summed E-state index contributed by atoms with van der Waals surface area (Å²) in [4.78, 5) is 8.73. The van der Waals surface area contributed by atoms with E-state index in [1.54, 1.807) is 6.20 Å². The molecule has 0 saturated carbocycles. The van der Waals surface area contributed by atoms with Crippen molar-refractivity contribution in [2.45, 2.75) is 32.2 Å². The predicted molar refractivity (Wildman–Crippen MR) is 121 cm³/mol. The first-order chi connectivity index (χ1) is 15.0. The predicted octanol–water partition coefficient (Wildman–Crippen LogP) is 1.96. The van der Waals surface area contributed by atoms with Crippen molar-refractivity contribution in [1.82, 2.24) is 24.8 Å². The molecule has 31 heavy (non-hydrogen) atoms. The van der Waals surface area contributed by atoms with Gasteiger partial charge in [0.1, 0.15) is 0 Å². The van der Waals surface area contributed by atoms with E-state index in [4.69, 9.17) is 23.2 Å². The average molecular weight is 429 g/mol. The van der Waals surface area contributed by atoms with Gasteiger partial charge < -0.3 is 17.3 Å². The number of rotatable bonds is 10. The van der Waals surface area contributed by atoms with Crippen LogP contribution in [0.25, 0.3) is 11.3 Å². The van der Waals surface area contributed by atoms with Crippen LogP contribution < -0.4 is 23.2 Å². The fourth-order valence-corrected chi connectivity index (χ4v) is 3.07. The third-order valence-electron chi connectivity index (χ3n) is 4.56. The van der Waals surface area contributed by atoms with Gasteiger partial charge in [-0.25, -0.2) is 20.2 Å². The molecular weight excluding hydrogens is 399 g/mol. The average Bonchev–Trinajstić information content (AvgIpc) is 3.25. The smallest absolute Gasteiger partial charge is 0.196 e. The summed E-state index contributed by atoms with van der Waals surface area (Å²) in [6.45, 7) is 6.27. The van der Waals surface area contributed by atoms with E-state index in [-0.39, 0.29) is 29.1 Å². The lowest BCUT2D eigenvalue weighted by Crippen LogP contribution is -2.38. The van der Waals surface area contributed by atoms with Gasteiger partial charge >= 0.3 is 0 Å². The summed E-state index contributed by atoms with van der Waals surface area (Å²) in [6.07, 6.45) is 12.3. The van der Waals surface area contributed by atoms with Gasteiger partial charge in [-0.1, -0.05) is 26.0 Å². The van der Waals surface area contributed by atoms with E-state index in [0.29, 0.717) is 18.6 Å². The van der Waals surface area contributed by atoms with Crippen LogP contribution in [0.4, 0.5) is 10.2 Å². The van der Waals surface area contributed by atoms with Gasteiger partial charge in [-0.2, -0.15) is 10.2 Å². The van der Waals surface area contributed by atoms with E-state index in [0.717, 1.165) is 35.9 Å². The first-order valence-corrected chi connectivity index (χ1v) is 9.80. The first-order valence-electron chi connectivity index (χ1n) is 9.80. The number of amidine groups is 1. The highest BCUT2D eigenvalue weighted by Gasteiger charge is 2.20. The highest BCUT2D eigenvalue weighted by Crippen LogP contribution is 2.23. The zero-order valence-electron chi connectivity index (χ0n) is 17.5. The van der Waals surface area contributed by atoms with Crippen LogP contribution in [0, 0.1) is 0 Å². The van der Waals surface area contributed by atoms with Gasteiger partial charge in [-0.15, -0.1) is 0 Å². The molecule has 0 fully saturated rings. The Hall–Kier alpha value is -3.57. The van der Waals surface area contributed by atoms with Crippen LogP contribution in [0.5, 0.6) is 0 Å². The molecule has 2 aromatic heterocycles. The van der Waals surface area contributed by atoms with E-state index < -0.39 is 0 Å². The van der Waals surface area contributed by atoms with Crippen molar-refractivity contribution in [2.24, 2.45) is 22.5 Å². The second kappa shape index (κ2) is 11.6. The first kappa shape index (κ1) is 23.7. The molecule has 1 unspecified atom stereocenters. The number of nitrogens with two attached hydrogens (primary N) is 4. The molecule has 0 amide bonds. The summed E-state index contributed by atoms with van der Waals surface area (Å²) >= 11 is 0. The molecule has 0 aliphatic heterocycles. The quantitative estimate of drug-likeness (QED) is 0.147. The van der Waals surface area contributed by atoms with E-state index in [1.807, 2.05) is 10.9 Å². The second-order valence-corrected chi connectivity index (χ2v) is 6.66. The Bertz CT molecular complexity index is 957. The number of nitrogens with zero attached hydrogens (tertiary/aromatic N) is 6. The maximum absolute atomic E-state index is 12.8. The zero-order valence-corrected chi connectivity index (χ0v) is 17.5. The van der Waals surface area contributed by atoms with Gasteiger partial charge in [0.2, 0.25) is 0 Å². The minimum Gasteiger partial charge on any atom is -0.382 e. The topological polar surface area (TPSA) is 163 Å². The van der Waals surface area contributed by atoms with Gasteiger partial charge in [0.15, 0.2) is 17.3 Å². The standard InChI is InChI=1S/C20H29FN10/c1-3-5-15(8-10-22)30-13-14(11-27-30)17-12-26-19(23)18(28-17)20(29-24)31(25)16(6-4-2)7-9-21/h4,6-7,9,11-13,15H,2-3,5,8,10,22,24-25H2,1H3,(H2,23,26)/b9-7+,16-6+,29-20-. The SMILES string of the molecule is C=C/C=C(\C=C\F)N(N)/C(=N\N)c1nc(-c2cnn(C(CCC)CCN)c2)cnc1N. The molecule has 0 spiro atoms. The number of hydrazine groups is 1. The molecule has 0 aromatic carbocycles. The van der Waals surface area contributed by atoms with Crippen LogP contribution in [0.3, 0.4) is 0 Å². The number of anilines is 1. The molecule has 8 N–H and O–H groups in total. The molecule has 2 heterocycles. The van der Waals surface area contributed by atoms with Crippen molar-refractivity contribution >= 4 is 11.7 Å². The Morgan fingerprint density at radius 3 is 2.77 bits per heavy atom. The normalized spacial score (nSPS) is 13.5. The lowest BCUT2D eigenvalue weighted by atomic mass is 10.1. The number of hydrazone groups is 1. The maximum atomic E-state index is 12.8. The largest absolute Gasteiger partial charge is 0.382 e. The van der Waals surface area contributed by atoms with Crippen molar-refractivity contribution in [3.05, 3.63) is 61.1 Å². The Balaban J connectivity index is 2.44. The highest BCUT2D eigenvalue weighted by molar-refractivity contribution is 6.01. The van der Waals surface area contributed by atoms with Crippen molar-refractivity contribution in [3.63, 3.8) is 0 Å². The summed E-state index contributed by atoms with van der Waals surface area (Å²) in [5.41, 5.74) is 13.3. The Morgan fingerprint density at radius 1 is 1.39 bits per heavy atom. The van der Waals surface area contributed by atoms with Crippen molar-refractivity contribution in [3.8, 4) is 11.3 Å². The molecule has 0 saturated heterocycles. The van der Waals surface area contributed by atoms with Crippen molar-refractivity contribution < 1.29 is 4.39 Å². The monoisotopic (exact) mass is 428 g/mol. The molecular formula is C20H29FN10. The number of aromatic nitrogens is 4. The van der Waals surface area contributed by atoms with Crippen LogP contribution >= 0.6 is 0 Å². The van der Waals surface area contributed by atoms with Crippen LogP contribution in [0.2, 0.25) is 0 Å². The molecule has 2 aromatic rings. The van der Waals surface area contributed by atoms with Gasteiger partial charge in [-0.3, -0.25) is 9.69 Å². The number of nitrogen functional groups attached to an aromatic ring is 1. The number of allylic oxidation sites excluding steroid dienone is 3. The minimum absolute atomic E-state index is 0.00238. The maximum Gasteiger partial charge on any atom is 0.196 e. The molecule has 1 atom stereocenters. The molecule has 0 bridgehead atoms. The fourth-order valence-electron chi connectivity index (χ4n) is 3.07. The number of hydrogen-bond acceptors (Lipinski definition) is 8. The van der Waals surface area contributed by atoms with Gasteiger partial charge in [0.05, 0.1) is 36.2 Å². The Morgan fingerprint density at radius 2 is 2.16 bits per heavy atom. The van der Waals surface area contributed by atoms with E-state index in [2.05, 4.69) is 33.7 Å². The molecule has 0 aliphatic rings. The van der Waals surface area contributed by atoms with Crippen molar-refractivity contribution in [2.75, 3.05) is 12.3 Å². The molecule has 11 heteroatoms. The summed E-state index contributed by atoms with van der Waals surface area (Å²) < 4.78 is 14.6. The van der Waals surface area contributed by atoms with Gasteiger partial charge in [0.25, 0.3) is 0 Å². The second-order valence-electron chi connectivity index (χ2n) is 6.66. The summed E-state index contributed by atoms with van der Waals surface area (Å²) in [7, 11) is 0. The fraction of sp³-hybridized carbons (Fsp3) is 0.300. The molecule has 0 radical (unpaired) electrons. The Labute approximate surface area is 180 Å². The number of halogens is 1. The van der Waals surface area contributed by atoms with Gasteiger partial charge in [-0.05, 0) is 31.5 Å².